The highest BCUT2D eigenvalue weighted by Gasteiger charge is 2.35. The van der Waals surface area contributed by atoms with Crippen LogP contribution in [0.25, 0.3) is 22.3 Å². The Labute approximate surface area is 156 Å². The second-order valence-corrected chi connectivity index (χ2v) is 9.02. The molecule has 0 amide bonds. The molecule has 0 unspecified atom stereocenters. The molecule has 2 N–H and O–H groups in total. The minimum atomic E-state index is -0.0301. The minimum absolute atomic E-state index is 0.0301. The van der Waals surface area contributed by atoms with E-state index in [1.165, 1.54) is 38.9 Å². The van der Waals surface area contributed by atoms with Gasteiger partial charge in [-0.15, -0.1) is 0 Å². The molecule has 0 saturated heterocycles. The summed E-state index contributed by atoms with van der Waals surface area (Å²) in [6.45, 7) is 11.4. The number of hydrogen-bond donors (Lipinski definition) is 1. The molecule has 0 saturated carbocycles. The van der Waals surface area contributed by atoms with Crippen LogP contribution in [0.4, 0.5) is 5.69 Å². The molecule has 3 aromatic rings. The maximum atomic E-state index is 6.07. The molecule has 4 rings (SSSR count). The van der Waals surface area contributed by atoms with Gasteiger partial charge in [-0.25, -0.2) is 0 Å². The van der Waals surface area contributed by atoms with E-state index in [1.807, 2.05) is 6.07 Å². The van der Waals surface area contributed by atoms with Gasteiger partial charge in [0.15, 0.2) is 0 Å². The summed E-state index contributed by atoms with van der Waals surface area (Å²) in [6.07, 6.45) is 0. The maximum Gasteiger partial charge on any atom is 0.0317 e. The van der Waals surface area contributed by atoms with Crippen LogP contribution in [0.1, 0.15) is 51.3 Å². The third-order valence-electron chi connectivity index (χ3n) is 5.76. The first-order valence-electron chi connectivity index (χ1n) is 9.34. The fraction of sp³-hybridized carbons (Fsp3) is 0.280. The molecule has 0 spiro atoms. The molecule has 0 heterocycles. The smallest absolute Gasteiger partial charge is 0.0317 e. The normalized spacial score (nSPS) is 14.8. The average Bonchev–Trinajstić information content (AvgIpc) is 2.81. The van der Waals surface area contributed by atoms with Gasteiger partial charge in [-0.2, -0.15) is 0 Å². The highest BCUT2D eigenvalue weighted by Crippen LogP contribution is 2.50. The third kappa shape index (κ3) is 2.54. The molecule has 0 bridgehead atoms. The standard InChI is InChI=1S/C25H27N/c1-24(2,3)18-8-6-7-16(13-18)17-9-11-20-21-12-10-19(26)15-23(21)25(4,5)22(20)14-17/h6-15H,26H2,1-5H3. The Kier molecular flexibility index (Phi) is 3.56. The van der Waals surface area contributed by atoms with Gasteiger partial charge < -0.3 is 5.73 Å². The van der Waals surface area contributed by atoms with Crippen molar-refractivity contribution < 1.29 is 0 Å². The zero-order valence-corrected chi connectivity index (χ0v) is 16.4. The quantitative estimate of drug-likeness (QED) is 0.500. The molecule has 1 aliphatic rings. The highest BCUT2D eigenvalue weighted by molar-refractivity contribution is 5.84. The summed E-state index contributed by atoms with van der Waals surface area (Å²) in [4.78, 5) is 0. The van der Waals surface area contributed by atoms with Gasteiger partial charge in [0.25, 0.3) is 0 Å². The molecule has 132 valence electrons. The third-order valence-corrected chi connectivity index (χ3v) is 5.76. The molecule has 1 heteroatoms. The van der Waals surface area contributed by atoms with Crippen LogP contribution in [-0.2, 0) is 10.8 Å². The second kappa shape index (κ2) is 5.48. The van der Waals surface area contributed by atoms with Crippen molar-refractivity contribution in [3.63, 3.8) is 0 Å². The number of fused-ring (bicyclic) bond motifs is 3. The van der Waals surface area contributed by atoms with Crippen molar-refractivity contribution in [2.45, 2.75) is 45.4 Å². The first-order chi connectivity index (χ1) is 12.2. The van der Waals surface area contributed by atoms with E-state index in [0.717, 1.165) is 5.69 Å². The SMILES string of the molecule is CC(C)(C)c1cccc(-c2ccc3c(c2)C(C)(C)c2cc(N)ccc2-3)c1. The van der Waals surface area contributed by atoms with Crippen molar-refractivity contribution in [1.29, 1.82) is 0 Å². The molecular weight excluding hydrogens is 314 g/mol. The van der Waals surface area contributed by atoms with Crippen LogP contribution in [0.2, 0.25) is 0 Å². The number of rotatable bonds is 1. The Morgan fingerprint density at radius 3 is 2.04 bits per heavy atom. The van der Waals surface area contributed by atoms with E-state index in [4.69, 9.17) is 5.73 Å². The zero-order chi connectivity index (χ0) is 18.7. The summed E-state index contributed by atoms with van der Waals surface area (Å²) in [6, 6.07) is 22.1. The predicted molar refractivity (Wildman–Crippen MR) is 113 cm³/mol. The van der Waals surface area contributed by atoms with Crippen molar-refractivity contribution in [3.05, 3.63) is 77.4 Å². The molecule has 26 heavy (non-hydrogen) atoms. The lowest BCUT2D eigenvalue weighted by atomic mass is 9.81. The van der Waals surface area contributed by atoms with E-state index in [2.05, 4.69) is 89.2 Å². The minimum Gasteiger partial charge on any atom is -0.399 e. The molecule has 3 aromatic carbocycles. The molecule has 1 nitrogen and oxygen atoms in total. The van der Waals surface area contributed by atoms with Crippen LogP contribution in [0.15, 0.2) is 60.7 Å². The van der Waals surface area contributed by atoms with Gasteiger partial charge >= 0.3 is 0 Å². The van der Waals surface area contributed by atoms with Gasteiger partial charge in [0.1, 0.15) is 0 Å². The topological polar surface area (TPSA) is 26.0 Å². The number of nitrogens with two attached hydrogens (primary N) is 1. The average molecular weight is 341 g/mol. The second-order valence-electron chi connectivity index (χ2n) is 9.02. The predicted octanol–water partition coefficient (Wildman–Crippen LogP) is 6.54. The largest absolute Gasteiger partial charge is 0.399 e. The number of nitrogen functional groups attached to an aromatic ring is 1. The van der Waals surface area contributed by atoms with Gasteiger partial charge in [-0.3, -0.25) is 0 Å². The van der Waals surface area contributed by atoms with Crippen LogP contribution in [0, 0.1) is 0 Å². The summed E-state index contributed by atoms with van der Waals surface area (Å²) in [5.41, 5.74) is 16.3. The zero-order valence-electron chi connectivity index (χ0n) is 16.4. The molecule has 0 atom stereocenters. The van der Waals surface area contributed by atoms with Crippen LogP contribution >= 0.6 is 0 Å². The summed E-state index contributed by atoms with van der Waals surface area (Å²) in [7, 11) is 0. The summed E-state index contributed by atoms with van der Waals surface area (Å²) >= 11 is 0. The van der Waals surface area contributed by atoms with E-state index in [1.54, 1.807) is 0 Å². The number of hydrogen-bond acceptors (Lipinski definition) is 1. The molecule has 0 aliphatic heterocycles. The van der Waals surface area contributed by atoms with Crippen molar-refractivity contribution in [2.75, 3.05) is 5.73 Å². The summed E-state index contributed by atoms with van der Waals surface area (Å²) in [5, 5.41) is 0. The fourth-order valence-electron chi connectivity index (χ4n) is 4.10. The Morgan fingerprint density at radius 1 is 0.731 bits per heavy atom. The Bertz CT molecular complexity index is 1000. The highest BCUT2D eigenvalue weighted by atomic mass is 14.5. The lowest BCUT2D eigenvalue weighted by Crippen LogP contribution is -2.15. The Morgan fingerprint density at radius 2 is 1.35 bits per heavy atom. The number of benzene rings is 3. The van der Waals surface area contributed by atoms with E-state index < -0.39 is 0 Å². The van der Waals surface area contributed by atoms with Crippen molar-refractivity contribution in [3.8, 4) is 22.3 Å². The van der Waals surface area contributed by atoms with Crippen molar-refractivity contribution in [1.82, 2.24) is 0 Å². The fourth-order valence-corrected chi connectivity index (χ4v) is 4.10. The summed E-state index contributed by atoms with van der Waals surface area (Å²) < 4.78 is 0. The van der Waals surface area contributed by atoms with Crippen LogP contribution in [-0.4, -0.2) is 0 Å². The van der Waals surface area contributed by atoms with Crippen LogP contribution in [0.3, 0.4) is 0 Å². The Balaban J connectivity index is 1.86. The number of anilines is 1. The van der Waals surface area contributed by atoms with Gasteiger partial charge in [0.05, 0.1) is 0 Å². The van der Waals surface area contributed by atoms with Gasteiger partial charge in [-0.1, -0.05) is 77.1 Å². The van der Waals surface area contributed by atoms with Crippen LogP contribution < -0.4 is 5.73 Å². The van der Waals surface area contributed by atoms with Crippen LogP contribution in [0.5, 0.6) is 0 Å². The van der Waals surface area contributed by atoms with Crippen molar-refractivity contribution >= 4 is 5.69 Å². The first kappa shape index (κ1) is 16.9. The maximum absolute atomic E-state index is 6.07. The molecule has 1 aliphatic carbocycles. The lowest BCUT2D eigenvalue weighted by Gasteiger charge is -2.23. The molecule has 0 fully saturated rings. The van der Waals surface area contributed by atoms with Crippen molar-refractivity contribution in [2.24, 2.45) is 0 Å². The first-order valence-corrected chi connectivity index (χ1v) is 9.34. The summed E-state index contributed by atoms with van der Waals surface area (Å²) in [5.74, 6) is 0. The van der Waals surface area contributed by atoms with Gasteiger partial charge in [-0.05, 0) is 62.6 Å². The van der Waals surface area contributed by atoms with Gasteiger partial charge in [0.2, 0.25) is 0 Å². The molecule has 0 radical (unpaired) electrons. The van der Waals surface area contributed by atoms with E-state index >= 15 is 0 Å². The lowest BCUT2D eigenvalue weighted by molar-refractivity contribution is 0.590. The monoisotopic (exact) mass is 341 g/mol. The van der Waals surface area contributed by atoms with E-state index in [0.29, 0.717) is 0 Å². The Hall–Kier alpha value is -2.54. The molecule has 0 aromatic heterocycles. The van der Waals surface area contributed by atoms with E-state index in [-0.39, 0.29) is 10.8 Å². The van der Waals surface area contributed by atoms with Gasteiger partial charge in [0, 0.05) is 11.1 Å². The van der Waals surface area contributed by atoms with E-state index in [9.17, 15) is 0 Å². The molecular formula is C25H27N.